The van der Waals surface area contributed by atoms with E-state index in [1.54, 1.807) is 0 Å². The molecule has 0 atom stereocenters. The molecule has 0 aliphatic heterocycles. The van der Waals surface area contributed by atoms with Crippen LogP contribution in [0.15, 0.2) is 12.1 Å². The zero-order chi connectivity index (χ0) is 8.43. The summed E-state index contributed by atoms with van der Waals surface area (Å²) < 4.78 is 24.8. The van der Waals surface area contributed by atoms with Crippen molar-refractivity contribution in [2.75, 3.05) is 0 Å². The third-order valence-corrected chi connectivity index (χ3v) is 1.87. The summed E-state index contributed by atoms with van der Waals surface area (Å²) in [5, 5.41) is 9.28. The first-order valence-corrected chi connectivity index (χ1v) is 4.00. The van der Waals surface area contributed by atoms with Crippen molar-refractivity contribution in [1.29, 1.82) is 0 Å². The van der Waals surface area contributed by atoms with E-state index in [4.69, 9.17) is 5.11 Å². The molecule has 0 saturated carbocycles. The Labute approximate surface area is 70.8 Å². The molecule has 4 heteroatoms. The second-order valence-electron chi connectivity index (χ2n) is 2.03. The van der Waals surface area contributed by atoms with Gasteiger partial charge in [-0.1, -0.05) is 15.9 Å². The molecule has 0 unspecified atom stereocenters. The van der Waals surface area contributed by atoms with Crippen molar-refractivity contribution in [3.63, 3.8) is 0 Å². The topological polar surface area (TPSA) is 20.2 Å². The minimum Gasteiger partial charge on any atom is -0.508 e. The van der Waals surface area contributed by atoms with Crippen molar-refractivity contribution in [2.45, 2.75) is 5.33 Å². The molecule has 1 aromatic rings. The van der Waals surface area contributed by atoms with Crippen LogP contribution in [0, 0.1) is 11.6 Å². The first kappa shape index (κ1) is 8.46. The zero-order valence-corrected chi connectivity index (χ0v) is 7.03. The number of phenols is 1. The van der Waals surface area contributed by atoms with Gasteiger partial charge in [0.25, 0.3) is 0 Å². The van der Waals surface area contributed by atoms with Crippen LogP contribution < -0.4 is 0 Å². The predicted octanol–water partition coefficient (Wildman–Crippen LogP) is 2.57. The Kier molecular flexibility index (Phi) is 2.44. The van der Waals surface area contributed by atoms with Crippen molar-refractivity contribution < 1.29 is 13.9 Å². The second kappa shape index (κ2) is 3.17. The molecule has 0 saturated heterocycles. The average molecular weight is 223 g/mol. The van der Waals surface area contributed by atoms with Gasteiger partial charge in [-0.3, -0.25) is 0 Å². The smallest absolute Gasteiger partial charge is 0.162 e. The van der Waals surface area contributed by atoms with Crippen LogP contribution in [0.1, 0.15) is 5.56 Å². The van der Waals surface area contributed by atoms with E-state index in [-0.39, 0.29) is 5.75 Å². The molecule has 60 valence electrons. The van der Waals surface area contributed by atoms with Crippen molar-refractivity contribution in [2.24, 2.45) is 0 Å². The van der Waals surface area contributed by atoms with E-state index in [1.807, 2.05) is 0 Å². The van der Waals surface area contributed by atoms with E-state index in [1.165, 1.54) is 0 Å². The van der Waals surface area contributed by atoms with Gasteiger partial charge in [0.1, 0.15) is 5.75 Å². The Balaban J connectivity index is 3.21. The molecule has 0 heterocycles. The van der Waals surface area contributed by atoms with Gasteiger partial charge < -0.3 is 5.11 Å². The number of alkyl halides is 1. The normalized spacial score (nSPS) is 10.1. The molecular weight excluding hydrogens is 218 g/mol. The molecule has 1 rings (SSSR count). The monoisotopic (exact) mass is 222 g/mol. The Hall–Kier alpha value is -0.640. The number of hydrogen-bond acceptors (Lipinski definition) is 1. The van der Waals surface area contributed by atoms with Crippen LogP contribution in [0.5, 0.6) is 5.75 Å². The third kappa shape index (κ3) is 1.68. The number of phenolic OH excluding ortho intramolecular Hbond substituents is 1. The molecule has 0 aliphatic carbocycles. The van der Waals surface area contributed by atoms with Gasteiger partial charge >= 0.3 is 0 Å². The van der Waals surface area contributed by atoms with Crippen LogP contribution in [-0.2, 0) is 5.33 Å². The van der Waals surface area contributed by atoms with Gasteiger partial charge in [-0.25, -0.2) is 8.78 Å². The fourth-order valence-corrected chi connectivity index (χ4v) is 1.13. The molecule has 0 amide bonds. The quantitative estimate of drug-likeness (QED) is 0.725. The number of hydrogen-bond donors (Lipinski definition) is 1. The zero-order valence-electron chi connectivity index (χ0n) is 5.44. The standard InChI is InChI=1S/C7H5BrF2O/c8-3-4-1-5(9)6(10)2-7(4)11/h1-2,11H,3H2. The van der Waals surface area contributed by atoms with Crippen LogP contribution in [0.25, 0.3) is 0 Å². The SMILES string of the molecule is Oc1cc(F)c(F)cc1CBr. The summed E-state index contributed by atoms with van der Waals surface area (Å²) in [5.74, 6) is -2.22. The van der Waals surface area contributed by atoms with Crippen LogP contribution >= 0.6 is 15.9 Å². The fraction of sp³-hybridized carbons (Fsp3) is 0.143. The summed E-state index contributed by atoms with van der Waals surface area (Å²) in [5.41, 5.74) is 0.337. The lowest BCUT2D eigenvalue weighted by Crippen LogP contribution is -1.87. The summed E-state index contributed by atoms with van der Waals surface area (Å²) in [6, 6.07) is 1.71. The molecule has 0 bridgehead atoms. The Morgan fingerprint density at radius 2 is 1.82 bits per heavy atom. The Morgan fingerprint density at radius 1 is 1.27 bits per heavy atom. The predicted molar refractivity (Wildman–Crippen MR) is 40.7 cm³/mol. The van der Waals surface area contributed by atoms with Gasteiger partial charge in [-0.2, -0.15) is 0 Å². The molecule has 0 fully saturated rings. The summed E-state index contributed by atoms with van der Waals surface area (Å²) in [6.45, 7) is 0. The first-order chi connectivity index (χ1) is 5.15. The van der Waals surface area contributed by atoms with Crippen LogP contribution in [0.2, 0.25) is 0 Å². The molecule has 1 N–H and O–H groups in total. The van der Waals surface area contributed by atoms with Gasteiger partial charge in [0.15, 0.2) is 11.6 Å². The van der Waals surface area contributed by atoms with Gasteiger partial charge in [0, 0.05) is 17.0 Å². The van der Waals surface area contributed by atoms with E-state index in [0.29, 0.717) is 10.9 Å². The van der Waals surface area contributed by atoms with Gasteiger partial charge in [0.2, 0.25) is 0 Å². The average Bonchev–Trinajstić information content (AvgIpc) is 1.97. The van der Waals surface area contributed by atoms with Gasteiger partial charge in [-0.15, -0.1) is 0 Å². The molecule has 1 nitrogen and oxygen atoms in total. The highest BCUT2D eigenvalue weighted by molar-refractivity contribution is 9.08. The maximum atomic E-state index is 12.4. The Morgan fingerprint density at radius 3 is 2.36 bits per heavy atom. The van der Waals surface area contributed by atoms with E-state index < -0.39 is 11.6 Å². The van der Waals surface area contributed by atoms with Crippen LogP contribution in [-0.4, -0.2) is 5.11 Å². The van der Waals surface area contributed by atoms with Crippen molar-refractivity contribution in [1.82, 2.24) is 0 Å². The van der Waals surface area contributed by atoms with Crippen LogP contribution in [0.4, 0.5) is 8.78 Å². The summed E-state index contributed by atoms with van der Waals surface area (Å²) in [7, 11) is 0. The lowest BCUT2D eigenvalue weighted by atomic mass is 10.2. The molecule has 0 aromatic heterocycles. The summed E-state index contributed by atoms with van der Waals surface area (Å²) in [4.78, 5) is 0. The largest absolute Gasteiger partial charge is 0.508 e. The molecule has 1 aromatic carbocycles. The number of rotatable bonds is 1. The third-order valence-electron chi connectivity index (χ3n) is 1.27. The second-order valence-corrected chi connectivity index (χ2v) is 2.59. The van der Waals surface area contributed by atoms with E-state index in [2.05, 4.69) is 15.9 Å². The maximum absolute atomic E-state index is 12.4. The van der Waals surface area contributed by atoms with Crippen molar-refractivity contribution in [3.8, 4) is 5.75 Å². The maximum Gasteiger partial charge on any atom is 0.162 e. The molecular formula is C7H5BrF2O. The minimum atomic E-state index is -1.03. The highest BCUT2D eigenvalue weighted by atomic mass is 79.9. The molecule has 0 spiro atoms. The molecule has 0 radical (unpaired) electrons. The van der Waals surface area contributed by atoms with E-state index >= 15 is 0 Å². The Bertz CT molecular complexity index is 275. The highest BCUT2D eigenvalue weighted by Crippen LogP contribution is 2.22. The number of halogens is 3. The fourth-order valence-electron chi connectivity index (χ4n) is 0.685. The van der Waals surface area contributed by atoms with Gasteiger partial charge in [-0.05, 0) is 6.07 Å². The van der Waals surface area contributed by atoms with Crippen LogP contribution in [0.3, 0.4) is 0 Å². The summed E-state index contributed by atoms with van der Waals surface area (Å²) in [6.07, 6.45) is 0. The number of benzene rings is 1. The van der Waals surface area contributed by atoms with Crippen molar-refractivity contribution in [3.05, 3.63) is 29.3 Å². The first-order valence-electron chi connectivity index (χ1n) is 2.88. The lowest BCUT2D eigenvalue weighted by Gasteiger charge is -2.00. The summed E-state index contributed by atoms with van der Waals surface area (Å²) >= 11 is 3.02. The number of aromatic hydroxyl groups is 1. The molecule has 11 heavy (non-hydrogen) atoms. The highest BCUT2D eigenvalue weighted by Gasteiger charge is 2.06. The van der Waals surface area contributed by atoms with E-state index in [9.17, 15) is 8.78 Å². The lowest BCUT2D eigenvalue weighted by molar-refractivity contribution is 0.450. The van der Waals surface area contributed by atoms with E-state index in [0.717, 1.165) is 12.1 Å². The minimum absolute atomic E-state index is 0.235. The van der Waals surface area contributed by atoms with Crippen molar-refractivity contribution >= 4 is 15.9 Å². The van der Waals surface area contributed by atoms with Gasteiger partial charge in [0.05, 0.1) is 0 Å². The molecule has 0 aliphatic rings.